The monoisotopic (exact) mass is 281 g/mol. The van der Waals surface area contributed by atoms with Gasteiger partial charge in [0.25, 0.3) is 4.84 Å². The maximum atomic E-state index is 9.84. The van der Waals surface area contributed by atoms with Crippen LogP contribution in [0.3, 0.4) is 0 Å². The summed E-state index contributed by atoms with van der Waals surface area (Å²) >= 11 is 4.76. The molecule has 0 fully saturated rings. The SMILES string of the molecule is COc1ccc(NCC(O)Cc2n[nH]c(=S)o2)cc1. The molecule has 7 heteroatoms. The van der Waals surface area contributed by atoms with Crippen LogP contribution in [0.15, 0.2) is 28.7 Å². The maximum absolute atomic E-state index is 9.84. The number of aliphatic hydroxyl groups excluding tert-OH is 1. The minimum absolute atomic E-state index is 0.213. The fourth-order valence-electron chi connectivity index (χ4n) is 1.57. The van der Waals surface area contributed by atoms with Crippen LogP contribution < -0.4 is 10.1 Å². The van der Waals surface area contributed by atoms with Crippen molar-refractivity contribution in [1.29, 1.82) is 0 Å². The third-order valence-electron chi connectivity index (χ3n) is 2.52. The molecule has 0 radical (unpaired) electrons. The predicted molar refractivity (Wildman–Crippen MR) is 72.9 cm³/mol. The van der Waals surface area contributed by atoms with Crippen LogP contribution in [0.2, 0.25) is 0 Å². The topological polar surface area (TPSA) is 83.3 Å². The summed E-state index contributed by atoms with van der Waals surface area (Å²) in [5, 5.41) is 19.3. The molecule has 1 heterocycles. The number of aromatic amines is 1. The van der Waals surface area contributed by atoms with E-state index in [-0.39, 0.29) is 4.84 Å². The van der Waals surface area contributed by atoms with Crippen molar-refractivity contribution in [2.45, 2.75) is 12.5 Å². The molecule has 2 aromatic rings. The Hall–Kier alpha value is -1.86. The quantitative estimate of drug-likeness (QED) is 0.700. The fraction of sp³-hybridized carbons (Fsp3) is 0.333. The van der Waals surface area contributed by atoms with Gasteiger partial charge in [-0.3, -0.25) is 0 Å². The van der Waals surface area contributed by atoms with Gasteiger partial charge in [-0.25, -0.2) is 5.10 Å². The van der Waals surface area contributed by atoms with E-state index in [9.17, 15) is 5.11 Å². The molecule has 3 N–H and O–H groups in total. The van der Waals surface area contributed by atoms with E-state index in [2.05, 4.69) is 15.5 Å². The molecule has 0 spiro atoms. The first kappa shape index (κ1) is 13.6. The number of nitrogens with zero attached hydrogens (tertiary/aromatic N) is 1. The second-order valence-electron chi connectivity index (χ2n) is 3.97. The van der Waals surface area contributed by atoms with Crippen LogP contribution in [-0.2, 0) is 6.42 Å². The number of hydrogen-bond acceptors (Lipinski definition) is 6. The van der Waals surface area contributed by atoms with Crippen LogP contribution in [0.4, 0.5) is 5.69 Å². The Morgan fingerprint density at radius 2 is 2.21 bits per heavy atom. The number of benzene rings is 1. The lowest BCUT2D eigenvalue weighted by Crippen LogP contribution is -2.22. The van der Waals surface area contributed by atoms with Gasteiger partial charge in [0.2, 0.25) is 5.89 Å². The molecule has 1 atom stereocenters. The van der Waals surface area contributed by atoms with Gasteiger partial charge in [0, 0.05) is 12.2 Å². The first-order chi connectivity index (χ1) is 9.17. The lowest BCUT2D eigenvalue weighted by molar-refractivity contribution is 0.178. The van der Waals surface area contributed by atoms with Gasteiger partial charge in [-0.05, 0) is 36.5 Å². The smallest absolute Gasteiger partial charge is 0.284 e. The molecule has 0 saturated carbocycles. The van der Waals surface area contributed by atoms with Gasteiger partial charge in [0.15, 0.2) is 0 Å². The molecule has 2 rings (SSSR count). The van der Waals surface area contributed by atoms with Gasteiger partial charge in [0.1, 0.15) is 5.75 Å². The average molecular weight is 281 g/mol. The highest BCUT2D eigenvalue weighted by atomic mass is 32.1. The highest BCUT2D eigenvalue weighted by Gasteiger charge is 2.09. The van der Waals surface area contributed by atoms with E-state index >= 15 is 0 Å². The first-order valence-corrected chi connectivity index (χ1v) is 6.18. The molecule has 0 aliphatic rings. The summed E-state index contributed by atoms with van der Waals surface area (Å²) in [7, 11) is 1.62. The maximum Gasteiger partial charge on any atom is 0.284 e. The Bertz CT molecular complexity index is 564. The molecule has 1 aromatic heterocycles. The summed E-state index contributed by atoms with van der Waals surface area (Å²) in [5.74, 6) is 1.19. The third-order valence-corrected chi connectivity index (χ3v) is 2.70. The summed E-state index contributed by atoms with van der Waals surface area (Å²) < 4.78 is 10.1. The second-order valence-corrected chi connectivity index (χ2v) is 4.35. The lowest BCUT2D eigenvalue weighted by Gasteiger charge is -2.11. The van der Waals surface area contributed by atoms with Crippen molar-refractivity contribution in [3.05, 3.63) is 35.0 Å². The number of anilines is 1. The average Bonchev–Trinajstić information content (AvgIpc) is 2.82. The van der Waals surface area contributed by atoms with Gasteiger partial charge in [-0.2, -0.15) is 0 Å². The lowest BCUT2D eigenvalue weighted by atomic mass is 10.2. The van der Waals surface area contributed by atoms with Crippen LogP contribution in [0, 0.1) is 4.84 Å². The normalized spacial score (nSPS) is 12.1. The predicted octanol–water partition coefficient (Wildman–Crippen LogP) is 1.76. The van der Waals surface area contributed by atoms with E-state index in [4.69, 9.17) is 21.4 Å². The van der Waals surface area contributed by atoms with Crippen molar-refractivity contribution in [3.63, 3.8) is 0 Å². The molecule has 0 aliphatic heterocycles. The van der Waals surface area contributed by atoms with Gasteiger partial charge in [-0.15, -0.1) is 5.10 Å². The molecule has 102 valence electrons. The Morgan fingerprint density at radius 3 is 2.79 bits per heavy atom. The summed E-state index contributed by atoms with van der Waals surface area (Å²) in [6.45, 7) is 0.390. The molecular weight excluding hydrogens is 266 g/mol. The van der Waals surface area contributed by atoms with Crippen LogP contribution >= 0.6 is 12.2 Å². The number of aromatic nitrogens is 2. The number of ether oxygens (including phenoxy) is 1. The summed E-state index contributed by atoms with van der Waals surface area (Å²) in [5.41, 5.74) is 0.905. The number of H-pyrrole nitrogens is 1. The van der Waals surface area contributed by atoms with Gasteiger partial charge in [0.05, 0.1) is 19.6 Å². The van der Waals surface area contributed by atoms with E-state index < -0.39 is 6.10 Å². The van der Waals surface area contributed by atoms with Crippen molar-refractivity contribution in [2.75, 3.05) is 19.0 Å². The largest absolute Gasteiger partial charge is 0.497 e. The molecule has 1 unspecified atom stereocenters. The molecule has 19 heavy (non-hydrogen) atoms. The van der Waals surface area contributed by atoms with Crippen LogP contribution in [-0.4, -0.2) is 35.1 Å². The van der Waals surface area contributed by atoms with Crippen LogP contribution in [0.25, 0.3) is 0 Å². The highest BCUT2D eigenvalue weighted by Crippen LogP contribution is 2.15. The zero-order valence-corrected chi connectivity index (χ0v) is 11.2. The fourth-order valence-corrected chi connectivity index (χ4v) is 1.71. The van der Waals surface area contributed by atoms with E-state index in [1.807, 2.05) is 24.3 Å². The Kier molecular flexibility index (Phi) is 4.53. The van der Waals surface area contributed by atoms with E-state index in [1.54, 1.807) is 7.11 Å². The van der Waals surface area contributed by atoms with Crippen LogP contribution in [0.5, 0.6) is 5.75 Å². The van der Waals surface area contributed by atoms with Gasteiger partial charge in [-0.1, -0.05) is 0 Å². The van der Waals surface area contributed by atoms with Crippen molar-refractivity contribution in [1.82, 2.24) is 10.2 Å². The van der Waals surface area contributed by atoms with Crippen molar-refractivity contribution < 1.29 is 14.3 Å². The molecule has 6 nitrogen and oxygen atoms in total. The van der Waals surface area contributed by atoms with E-state index in [1.165, 1.54) is 0 Å². The molecule has 0 bridgehead atoms. The minimum atomic E-state index is -0.608. The van der Waals surface area contributed by atoms with E-state index in [0.29, 0.717) is 18.9 Å². The minimum Gasteiger partial charge on any atom is -0.497 e. The molecule has 0 saturated heterocycles. The molecular formula is C12H15N3O3S. The summed E-state index contributed by atoms with van der Waals surface area (Å²) in [6, 6.07) is 7.46. The third kappa shape index (κ3) is 4.08. The van der Waals surface area contributed by atoms with Crippen LogP contribution in [0.1, 0.15) is 5.89 Å². The van der Waals surface area contributed by atoms with Crippen molar-refractivity contribution in [3.8, 4) is 5.75 Å². The van der Waals surface area contributed by atoms with Crippen molar-refractivity contribution >= 4 is 17.9 Å². The highest BCUT2D eigenvalue weighted by molar-refractivity contribution is 7.71. The van der Waals surface area contributed by atoms with Gasteiger partial charge >= 0.3 is 0 Å². The zero-order chi connectivity index (χ0) is 13.7. The summed E-state index contributed by atoms with van der Waals surface area (Å²) in [6.07, 6.45) is -0.306. The Labute approximate surface area is 115 Å². The number of methoxy groups -OCH3 is 1. The Balaban J connectivity index is 1.82. The van der Waals surface area contributed by atoms with Gasteiger partial charge < -0.3 is 19.6 Å². The number of aliphatic hydroxyl groups is 1. The standard InChI is InChI=1S/C12H15N3O3S/c1-17-10-4-2-8(3-5-10)13-7-9(16)6-11-14-15-12(19)18-11/h2-5,9,13,16H,6-7H2,1H3,(H,15,19). The second kappa shape index (κ2) is 6.35. The Morgan fingerprint density at radius 1 is 1.47 bits per heavy atom. The number of nitrogens with one attached hydrogen (secondary N) is 2. The van der Waals surface area contributed by atoms with Crippen molar-refractivity contribution in [2.24, 2.45) is 0 Å². The number of rotatable bonds is 6. The zero-order valence-electron chi connectivity index (χ0n) is 10.4. The number of hydrogen-bond donors (Lipinski definition) is 3. The molecule has 0 amide bonds. The molecule has 1 aromatic carbocycles. The first-order valence-electron chi connectivity index (χ1n) is 5.78. The van der Waals surface area contributed by atoms with E-state index in [0.717, 1.165) is 11.4 Å². The summed E-state index contributed by atoms with van der Waals surface area (Å²) in [4.78, 5) is 0.213. The molecule has 0 aliphatic carbocycles.